The predicted molar refractivity (Wildman–Crippen MR) is 126 cm³/mol. The number of allylic oxidation sites excluding steroid dienone is 1. The summed E-state index contributed by atoms with van der Waals surface area (Å²) in [5.41, 5.74) is 1.76. The topological polar surface area (TPSA) is 105 Å². The Kier molecular flexibility index (Phi) is 6.16. The molecule has 0 aliphatic rings. The number of nitriles is 1. The van der Waals surface area contributed by atoms with Gasteiger partial charge in [0.1, 0.15) is 22.2 Å². The van der Waals surface area contributed by atoms with Crippen molar-refractivity contribution in [3.8, 4) is 17.3 Å². The lowest BCUT2D eigenvalue weighted by atomic mass is 10.1. The van der Waals surface area contributed by atoms with Crippen LogP contribution in [0.4, 0.5) is 5.69 Å². The second-order valence-corrected chi connectivity index (χ2v) is 8.29. The van der Waals surface area contributed by atoms with Crippen LogP contribution in [0.2, 0.25) is 0 Å². The number of nitrogens with one attached hydrogen (secondary N) is 1. The number of halogens is 1. The van der Waals surface area contributed by atoms with E-state index in [9.17, 15) is 14.9 Å². The normalized spacial score (nSPS) is 11.2. The molecule has 7 nitrogen and oxygen atoms in total. The summed E-state index contributed by atoms with van der Waals surface area (Å²) in [4.78, 5) is 28.8. The van der Waals surface area contributed by atoms with Gasteiger partial charge < -0.3 is 14.5 Å². The standard InChI is InChI=1S/C23H14BrN3O4S/c1-30-22(28)16-4-2-3-5-18(16)26-11-14(10-25)21-27-19(12-32-21)17-9-13-8-15(24)6-7-20(13)31-23(17)29/h2-9,11-12,26H,1H3. The van der Waals surface area contributed by atoms with Gasteiger partial charge in [0.15, 0.2) is 0 Å². The lowest BCUT2D eigenvalue weighted by molar-refractivity contribution is 0.0602. The molecule has 2 heterocycles. The number of ether oxygens (including phenoxy) is 1. The number of nitrogens with zero attached hydrogens (tertiary/aromatic N) is 2. The molecule has 0 spiro atoms. The molecule has 0 aliphatic carbocycles. The van der Waals surface area contributed by atoms with Crippen LogP contribution in [0.5, 0.6) is 0 Å². The van der Waals surface area contributed by atoms with Gasteiger partial charge in [-0.05, 0) is 36.4 Å². The number of carbonyl (C=O) groups excluding carboxylic acids is 1. The fourth-order valence-electron chi connectivity index (χ4n) is 2.98. The lowest BCUT2D eigenvalue weighted by Crippen LogP contribution is -2.05. The van der Waals surface area contributed by atoms with Crippen LogP contribution < -0.4 is 10.9 Å². The number of rotatable bonds is 5. The highest BCUT2D eigenvalue weighted by Gasteiger charge is 2.15. The summed E-state index contributed by atoms with van der Waals surface area (Å²) in [5.74, 6) is -0.494. The number of carbonyl (C=O) groups is 1. The summed E-state index contributed by atoms with van der Waals surface area (Å²) in [6, 6.07) is 15.9. The molecule has 0 aliphatic heterocycles. The van der Waals surface area contributed by atoms with Crippen molar-refractivity contribution in [3.63, 3.8) is 0 Å². The van der Waals surface area contributed by atoms with Gasteiger partial charge in [0.25, 0.3) is 0 Å². The van der Waals surface area contributed by atoms with Gasteiger partial charge in [-0.3, -0.25) is 0 Å². The van der Waals surface area contributed by atoms with E-state index in [1.54, 1.807) is 47.8 Å². The minimum absolute atomic E-state index is 0.244. The van der Waals surface area contributed by atoms with Crippen molar-refractivity contribution in [2.45, 2.75) is 0 Å². The number of thiazole rings is 1. The SMILES string of the molecule is COC(=O)c1ccccc1NC=C(C#N)c1nc(-c2cc3cc(Br)ccc3oc2=O)cs1. The van der Waals surface area contributed by atoms with Gasteiger partial charge in [0, 0.05) is 21.4 Å². The Morgan fingerprint density at radius 3 is 2.88 bits per heavy atom. The third-order valence-electron chi connectivity index (χ3n) is 4.53. The summed E-state index contributed by atoms with van der Waals surface area (Å²) >= 11 is 4.63. The fourth-order valence-corrected chi connectivity index (χ4v) is 4.15. The van der Waals surface area contributed by atoms with Crippen molar-refractivity contribution >= 4 is 55.5 Å². The maximum Gasteiger partial charge on any atom is 0.345 e. The molecule has 0 unspecified atom stereocenters. The number of hydrogen-bond acceptors (Lipinski definition) is 8. The van der Waals surface area contributed by atoms with Crippen LogP contribution in [-0.2, 0) is 4.74 Å². The minimum Gasteiger partial charge on any atom is -0.465 e. The number of para-hydroxylation sites is 1. The third-order valence-corrected chi connectivity index (χ3v) is 5.90. The van der Waals surface area contributed by atoms with Crippen molar-refractivity contribution in [2.24, 2.45) is 0 Å². The van der Waals surface area contributed by atoms with Crippen molar-refractivity contribution in [3.05, 3.63) is 85.6 Å². The summed E-state index contributed by atoms with van der Waals surface area (Å²) in [6.45, 7) is 0. The van der Waals surface area contributed by atoms with Gasteiger partial charge in [-0.1, -0.05) is 28.1 Å². The monoisotopic (exact) mass is 507 g/mol. The smallest absolute Gasteiger partial charge is 0.345 e. The molecule has 0 saturated carbocycles. The first-order valence-corrected chi connectivity index (χ1v) is 10.9. The Morgan fingerprint density at radius 1 is 1.28 bits per heavy atom. The van der Waals surface area contributed by atoms with Crippen LogP contribution in [0.1, 0.15) is 15.4 Å². The molecule has 4 rings (SSSR count). The van der Waals surface area contributed by atoms with Gasteiger partial charge in [-0.15, -0.1) is 11.3 Å². The number of hydrogen-bond donors (Lipinski definition) is 1. The quantitative estimate of drug-likeness (QED) is 0.217. The van der Waals surface area contributed by atoms with E-state index in [1.807, 2.05) is 6.07 Å². The molecule has 4 aromatic rings. The average molecular weight is 508 g/mol. The molecular weight excluding hydrogens is 494 g/mol. The fraction of sp³-hybridized carbons (Fsp3) is 0.0435. The van der Waals surface area contributed by atoms with Crippen molar-refractivity contribution < 1.29 is 13.9 Å². The molecule has 2 aromatic carbocycles. The van der Waals surface area contributed by atoms with E-state index >= 15 is 0 Å². The van der Waals surface area contributed by atoms with Gasteiger partial charge in [0.2, 0.25) is 0 Å². The maximum absolute atomic E-state index is 12.5. The average Bonchev–Trinajstić information content (AvgIpc) is 3.29. The van der Waals surface area contributed by atoms with E-state index in [-0.39, 0.29) is 5.57 Å². The van der Waals surface area contributed by atoms with E-state index < -0.39 is 11.6 Å². The van der Waals surface area contributed by atoms with Crippen LogP contribution in [0, 0.1) is 11.3 Å². The van der Waals surface area contributed by atoms with Crippen molar-refractivity contribution in [1.29, 1.82) is 5.26 Å². The number of esters is 1. The molecule has 1 N–H and O–H groups in total. The zero-order chi connectivity index (χ0) is 22.7. The first-order valence-electron chi connectivity index (χ1n) is 9.24. The molecule has 9 heteroatoms. The maximum atomic E-state index is 12.5. The highest BCUT2D eigenvalue weighted by molar-refractivity contribution is 9.10. The van der Waals surface area contributed by atoms with Gasteiger partial charge in [-0.2, -0.15) is 5.26 Å². The molecule has 2 aromatic heterocycles. The van der Waals surface area contributed by atoms with Crippen LogP contribution in [0.15, 0.2) is 73.8 Å². The van der Waals surface area contributed by atoms with Gasteiger partial charge >= 0.3 is 11.6 Å². The van der Waals surface area contributed by atoms with Gasteiger partial charge in [-0.25, -0.2) is 14.6 Å². The van der Waals surface area contributed by atoms with E-state index in [0.29, 0.717) is 33.1 Å². The van der Waals surface area contributed by atoms with Crippen LogP contribution >= 0.6 is 27.3 Å². The number of methoxy groups -OCH3 is 1. The molecule has 0 bridgehead atoms. The van der Waals surface area contributed by atoms with Gasteiger partial charge in [0.05, 0.1) is 29.6 Å². The Balaban J connectivity index is 1.67. The highest BCUT2D eigenvalue weighted by Crippen LogP contribution is 2.28. The molecule has 0 radical (unpaired) electrons. The number of aromatic nitrogens is 1. The van der Waals surface area contributed by atoms with Crippen molar-refractivity contribution in [1.82, 2.24) is 4.98 Å². The first-order chi connectivity index (χ1) is 15.5. The summed E-state index contributed by atoms with van der Waals surface area (Å²) in [7, 11) is 1.30. The second kappa shape index (κ2) is 9.18. The Hall–Kier alpha value is -3.74. The highest BCUT2D eigenvalue weighted by atomic mass is 79.9. The van der Waals surface area contributed by atoms with Crippen LogP contribution in [-0.4, -0.2) is 18.1 Å². The molecule has 158 valence electrons. The van der Waals surface area contributed by atoms with Crippen LogP contribution in [0.3, 0.4) is 0 Å². The number of benzene rings is 2. The molecule has 32 heavy (non-hydrogen) atoms. The second-order valence-electron chi connectivity index (χ2n) is 6.52. The molecule has 0 atom stereocenters. The predicted octanol–water partition coefficient (Wildman–Crippen LogP) is 5.44. The number of anilines is 1. The Bertz CT molecular complexity index is 1470. The largest absolute Gasteiger partial charge is 0.465 e. The Morgan fingerprint density at radius 2 is 2.09 bits per heavy atom. The first kappa shape index (κ1) is 21.5. The zero-order valence-corrected chi connectivity index (χ0v) is 19.0. The van der Waals surface area contributed by atoms with Crippen molar-refractivity contribution in [2.75, 3.05) is 12.4 Å². The third kappa shape index (κ3) is 4.32. The number of fused-ring (bicyclic) bond motifs is 1. The van der Waals surface area contributed by atoms with Crippen LogP contribution in [0.25, 0.3) is 27.8 Å². The lowest BCUT2D eigenvalue weighted by Gasteiger charge is -2.07. The Labute approximate surface area is 194 Å². The molecule has 0 fully saturated rings. The molecule has 0 saturated heterocycles. The zero-order valence-electron chi connectivity index (χ0n) is 16.6. The van der Waals surface area contributed by atoms with E-state index in [0.717, 1.165) is 9.86 Å². The van der Waals surface area contributed by atoms with E-state index in [1.165, 1.54) is 24.6 Å². The minimum atomic E-state index is -0.510. The van der Waals surface area contributed by atoms with E-state index in [4.69, 9.17) is 9.15 Å². The summed E-state index contributed by atoms with van der Waals surface area (Å²) in [6.07, 6.45) is 1.46. The summed E-state index contributed by atoms with van der Waals surface area (Å²) in [5, 5.41) is 15.4. The molecular formula is C23H14BrN3O4S. The molecule has 0 amide bonds. The summed E-state index contributed by atoms with van der Waals surface area (Å²) < 4.78 is 11.0. The van der Waals surface area contributed by atoms with E-state index in [2.05, 4.69) is 32.3 Å².